The fourth-order valence-electron chi connectivity index (χ4n) is 1.63. The van der Waals surface area contributed by atoms with Crippen molar-refractivity contribution in [1.29, 1.82) is 0 Å². The maximum absolute atomic E-state index is 10.9. The monoisotopic (exact) mass is 138 g/mol. The number of ether oxygens (including phenoxy) is 1. The van der Waals surface area contributed by atoms with Gasteiger partial charge in [-0.3, -0.25) is 4.79 Å². The summed E-state index contributed by atoms with van der Waals surface area (Å²) in [5.74, 6) is 0.548. The van der Waals surface area contributed by atoms with E-state index < -0.39 is 0 Å². The number of hydrogen-bond donors (Lipinski definition) is 0. The molecular formula is C8H10O2. The minimum Gasteiger partial charge on any atom is -0.465 e. The molecule has 0 aromatic carbocycles. The molecule has 0 aromatic heterocycles. The van der Waals surface area contributed by atoms with E-state index >= 15 is 0 Å². The molecule has 0 spiro atoms. The molecule has 1 heterocycles. The van der Waals surface area contributed by atoms with Crippen LogP contribution in [0, 0.1) is 11.8 Å². The number of hydrogen-bond acceptors (Lipinski definition) is 2. The van der Waals surface area contributed by atoms with Gasteiger partial charge in [-0.2, -0.15) is 0 Å². The summed E-state index contributed by atoms with van der Waals surface area (Å²) in [6.45, 7) is 0.647. The normalized spacial score (nSPS) is 37.4. The number of fused-ring (bicyclic) bond motifs is 1. The van der Waals surface area contributed by atoms with E-state index in [9.17, 15) is 4.79 Å². The molecule has 0 radical (unpaired) electrons. The molecule has 0 bridgehead atoms. The topological polar surface area (TPSA) is 26.3 Å². The van der Waals surface area contributed by atoms with E-state index in [1.54, 1.807) is 0 Å². The van der Waals surface area contributed by atoms with Gasteiger partial charge in [0.25, 0.3) is 0 Å². The van der Waals surface area contributed by atoms with Crippen LogP contribution in [0.25, 0.3) is 0 Å². The Balaban J connectivity index is 2.21. The van der Waals surface area contributed by atoms with E-state index in [1.165, 1.54) is 0 Å². The molecular weight excluding hydrogens is 128 g/mol. The van der Waals surface area contributed by atoms with Gasteiger partial charge in [-0.15, -0.1) is 0 Å². The third-order valence-corrected chi connectivity index (χ3v) is 2.27. The number of esters is 1. The Morgan fingerprint density at radius 2 is 2.50 bits per heavy atom. The van der Waals surface area contributed by atoms with Gasteiger partial charge in [0, 0.05) is 5.92 Å². The van der Waals surface area contributed by atoms with E-state index in [2.05, 4.69) is 6.08 Å². The number of allylic oxidation sites excluding steroid dienone is 1. The zero-order valence-electron chi connectivity index (χ0n) is 5.75. The molecule has 2 aliphatic rings. The van der Waals surface area contributed by atoms with Gasteiger partial charge in [0.1, 0.15) is 0 Å². The first-order chi connectivity index (χ1) is 4.88. The van der Waals surface area contributed by atoms with Crippen LogP contribution < -0.4 is 0 Å². The van der Waals surface area contributed by atoms with Crippen molar-refractivity contribution in [2.75, 3.05) is 6.61 Å². The molecule has 2 atom stereocenters. The highest BCUT2D eigenvalue weighted by Gasteiger charge is 2.35. The number of carbonyl (C=O) groups is 1. The molecule has 1 aliphatic carbocycles. The zero-order chi connectivity index (χ0) is 6.97. The van der Waals surface area contributed by atoms with E-state index in [0.29, 0.717) is 12.5 Å². The maximum Gasteiger partial charge on any atom is 0.313 e. The number of carbonyl (C=O) groups excluding carboxylic acids is 1. The molecule has 2 unspecified atom stereocenters. The first-order valence-electron chi connectivity index (χ1n) is 3.71. The standard InChI is InChI=1S/C8H10O2/c9-8-7-4-2-1-3-6(7)5-10-8/h2,4,6-7H,1,3,5H2. The van der Waals surface area contributed by atoms with Gasteiger partial charge in [0.15, 0.2) is 0 Å². The van der Waals surface area contributed by atoms with Gasteiger partial charge in [-0.25, -0.2) is 0 Å². The quantitative estimate of drug-likeness (QED) is 0.370. The highest BCUT2D eigenvalue weighted by Crippen LogP contribution is 2.30. The highest BCUT2D eigenvalue weighted by molar-refractivity contribution is 5.76. The van der Waals surface area contributed by atoms with Crippen LogP contribution in [-0.2, 0) is 9.53 Å². The predicted molar refractivity (Wildman–Crippen MR) is 36.3 cm³/mol. The average Bonchev–Trinajstić information content (AvgIpc) is 2.34. The maximum atomic E-state index is 10.9. The lowest BCUT2D eigenvalue weighted by Gasteiger charge is -2.13. The van der Waals surface area contributed by atoms with Crippen LogP contribution in [0.3, 0.4) is 0 Å². The summed E-state index contributed by atoms with van der Waals surface area (Å²) in [6.07, 6.45) is 6.29. The zero-order valence-corrected chi connectivity index (χ0v) is 5.75. The van der Waals surface area contributed by atoms with Crippen LogP contribution in [-0.4, -0.2) is 12.6 Å². The molecule has 54 valence electrons. The Bertz CT molecular complexity index is 182. The molecule has 10 heavy (non-hydrogen) atoms. The first-order valence-corrected chi connectivity index (χ1v) is 3.71. The summed E-state index contributed by atoms with van der Waals surface area (Å²) in [7, 11) is 0. The van der Waals surface area contributed by atoms with Crippen molar-refractivity contribution in [3.05, 3.63) is 12.2 Å². The SMILES string of the molecule is O=C1OCC2CCC=CC12. The van der Waals surface area contributed by atoms with E-state index in [4.69, 9.17) is 4.74 Å². The van der Waals surface area contributed by atoms with Crippen LogP contribution in [0.2, 0.25) is 0 Å². The van der Waals surface area contributed by atoms with Crippen molar-refractivity contribution in [3.8, 4) is 0 Å². The molecule has 0 amide bonds. The summed E-state index contributed by atoms with van der Waals surface area (Å²) in [5, 5.41) is 0. The summed E-state index contributed by atoms with van der Waals surface area (Å²) in [5.41, 5.74) is 0. The molecule has 1 saturated heterocycles. The molecule has 1 fully saturated rings. The Kier molecular flexibility index (Phi) is 1.26. The van der Waals surface area contributed by atoms with Gasteiger partial charge in [-0.05, 0) is 12.8 Å². The van der Waals surface area contributed by atoms with Crippen LogP contribution >= 0.6 is 0 Å². The molecule has 2 rings (SSSR count). The van der Waals surface area contributed by atoms with Crippen molar-refractivity contribution in [3.63, 3.8) is 0 Å². The van der Waals surface area contributed by atoms with Crippen LogP contribution in [0.15, 0.2) is 12.2 Å². The summed E-state index contributed by atoms with van der Waals surface area (Å²) in [6, 6.07) is 0. The van der Waals surface area contributed by atoms with Crippen molar-refractivity contribution < 1.29 is 9.53 Å². The Labute approximate surface area is 59.9 Å². The third kappa shape index (κ3) is 0.753. The van der Waals surface area contributed by atoms with Crippen molar-refractivity contribution in [1.82, 2.24) is 0 Å². The molecule has 2 nitrogen and oxygen atoms in total. The van der Waals surface area contributed by atoms with Gasteiger partial charge in [0.2, 0.25) is 0 Å². The number of cyclic esters (lactones) is 1. The van der Waals surface area contributed by atoms with Crippen LogP contribution in [0.5, 0.6) is 0 Å². The molecule has 0 aromatic rings. The predicted octanol–water partition coefficient (Wildman–Crippen LogP) is 1.13. The fourth-order valence-corrected chi connectivity index (χ4v) is 1.63. The molecule has 2 heteroatoms. The first kappa shape index (κ1) is 5.96. The van der Waals surface area contributed by atoms with Gasteiger partial charge in [0.05, 0.1) is 12.5 Å². The third-order valence-electron chi connectivity index (χ3n) is 2.27. The average molecular weight is 138 g/mol. The second-order valence-electron chi connectivity index (χ2n) is 2.92. The fraction of sp³-hybridized carbons (Fsp3) is 0.625. The second-order valence-corrected chi connectivity index (χ2v) is 2.92. The van der Waals surface area contributed by atoms with Gasteiger partial charge < -0.3 is 4.74 Å². The van der Waals surface area contributed by atoms with Crippen LogP contribution in [0.1, 0.15) is 12.8 Å². The van der Waals surface area contributed by atoms with Gasteiger partial charge >= 0.3 is 5.97 Å². The lowest BCUT2D eigenvalue weighted by atomic mass is 9.87. The summed E-state index contributed by atoms with van der Waals surface area (Å²) in [4.78, 5) is 10.9. The lowest BCUT2D eigenvalue weighted by molar-refractivity contribution is -0.140. The molecule has 1 aliphatic heterocycles. The van der Waals surface area contributed by atoms with E-state index in [0.717, 1.165) is 12.8 Å². The summed E-state index contributed by atoms with van der Waals surface area (Å²) >= 11 is 0. The summed E-state index contributed by atoms with van der Waals surface area (Å²) < 4.78 is 4.91. The van der Waals surface area contributed by atoms with Gasteiger partial charge in [-0.1, -0.05) is 12.2 Å². The Morgan fingerprint density at radius 3 is 3.30 bits per heavy atom. The van der Waals surface area contributed by atoms with Crippen molar-refractivity contribution >= 4 is 5.97 Å². The largest absolute Gasteiger partial charge is 0.465 e. The minimum absolute atomic E-state index is 0.0269. The minimum atomic E-state index is -0.0269. The smallest absolute Gasteiger partial charge is 0.313 e. The van der Waals surface area contributed by atoms with E-state index in [1.807, 2.05) is 6.08 Å². The number of rotatable bonds is 0. The Morgan fingerprint density at radius 1 is 1.60 bits per heavy atom. The molecule has 0 N–H and O–H groups in total. The second kappa shape index (κ2) is 2.11. The van der Waals surface area contributed by atoms with Crippen molar-refractivity contribution in [2.45, 2.75) is 12.8 Å². The highest BCUT2D eigenvalue weighted by atomic mass is 16.5. The van der Waals surface area contributed by atoms with Crippen LogP contribution in [0.4, 0.5) is 0 Å². The Hall–Kier alpha value is -0.790. The van der Waals surface area contributed by atoms with E-state index in [-0.39, 0.29) is 11.9 Å². The molecule has 0 saturated carbocycles. The van der Waals surface area contributed by atoms with Crippen molar-refractivity contribution in [2.24, 2.45) is 11.8 Å². The lowest BCUT2D eigenvalue weighted by Crippen LogP contribution is -2.15.